The number of ether oxygens (including phenoxy) is 1. The van der Waals surface area contributed by atoms with Gasteiger partial charge in [0.15, 0.2) is 0 Å². The molecular weight excluding hydrogens is 200 g/mol. The molecule has 1 rings (SSSR count). The summed E-state index contributed by atoms with van der Waals surface area (Å²) in [5.74, 6) is 0.243. The van der Waals surface area contributed by atoms with Gasteiger partial charge in [-0.2, -0.15) is 0 Å². The third-order valence-corrected chi connectivity index (χ3v) is 3.54. The van der Waals surface area contributed by atoms with Crippen LogP contribution in [0.25, 0.3) is 0 Å². The summed E-state index contributed by atoms with van der Waals surface area (Å²) in [6.45, 7) is 9.39. The van der Waals surface area contributed by atoms with Crippen molar-refractivity contribution in [2.45, 2.75) is 64.9 Å². The molecule has 92 valence electrons. The minimum Gasteiger partial charge on any atom is -0.456 e. The molecule has 0 N–H and O–H groups in total. The Morgan fingerprint density at radius 1 is 1.19 bits per heavy atom. The normalized spacial score (nSPS) is 18.9. The topological polar surface area (TPSA) is 26.3 Å². The van der Waals surface area contributed by atoms with Crippen LogP contribution in [0.15, 0.2) is 12.2 Å². The maximum absolute atomic E-state index is 11.6. The number of esters is 1. The maximum atomic E-state index is 11.6. The second-order valence-corrected chi connectivity index (χ2v) is 5.46. The first-order chi connectivity index (χ1) is 7.43. The SMILES string of the molecule is C=C(C)C(=O)OC(C)(C)C1CCCCCC1. The zero-order valence-electron chi connectivity index (χ0n) is 10.8. The number of carbonyl (C=O) groups is 1. The van der Waals surface area contributed by atoms with E-state index < -0.39 is 0 Å². The average Bonchev–Trinajstić information content (AvgIpc) is 2.45. The second-order valence-electron chi connectivity index (χ2n) is 5.46. The molecule has 0 aromatic carbocycles. The molecule has 0 spiro atoms. The lowest BCUT2D eigenvalue weighted by molar-refractivity contribution is -0.157. The first kappa shape index (κ1) is 13.3. The van der Waals surface area contributed by atoms with Gasteiger partial charge in [-0.05, 0) is 39.5 Å². The van der Waals surface area contributed by atoms with E-state index in [0.717, 1.165) is 0 Å². The summed E-state index contributed by atoms with van der Waals surface area (Å²) in [4.78, 5) is 11.6. The fraction of sp³-hybridized carbons (Fsp3) is 0.786. The Hall–Kier alpha value is -0.790. The molecule has 1 aliphatic carbocycles. The van der Waals surface area contributed by atoms with Crippen molar-refractivity contribution in [2.75, 3.05) is 0 Å². The molecule has 1 aliphatic rings. The number of carbonyl (C=O) groups excluding carboxylic acids is 1. The van der Waals surface area contributed by atoms with Gasteiger partial charge in [-0.15, -0.1) is 0 Å². The minimum atomic E-state index is -0.347. The summed E-state index contributed by atoms with van der Waals surface area (Å²) in [5, 5.41) is 0. The fourth-order valence-electron chi connectivity index (χ4n) is 2.38. The molecule has 1 saturated carbocycles. The van der Waals surface area contributed by atoms with Gasteiger partial charge in [-0.1, -0.05) is 32.3 Å². The molecule has 0 saturated heterocycles. The van der Waals surface area contributed by atoms with E-state index in [1.165, 1.54) is 38.5 Å². The van der Waals surface area contributed by atoms with Crippen molar-refractivity contribution in [3.63, 3.8) is 0 Å². The molecule has 0 radical (unpaired) electrons. The largest absolute Gasteiger partial charge is 0.456 e. The van der Waals surface area contributed by atoms with Crippen molar-refractivity contribution in [3.8, 4) is 0 Å². The van der Waals surface area contributed by atoms with Gasteiger partial charge in [0, 0.05) is 5.57 Å². The molecule has 16 heavy (non-hydrogen) atoms. The Morgan fingerprint density at radius 3 is 2.12 bits per heavy atom. The molecule has 0 bridgehead atoms. The monoisotopic (exact) mass is 224 g/mol. The Kier molecular flexibility index (Phi) is 4.57. The number of hydrogen-bond acceptors (Lipinski definition) is 2. The Morgan fingerprint density at radius 2 is 1.69 bits per heavy atom. The van der Waals surface area contributed by atoms with Crippen LogP contribution in [-0.4, -0.2) is 11.6 Å². The highest BCUT2D eigenvalue weighted by atomic mass is 16.6. The van der Waals surface area contributed by atoms with Crippen LogP contribution in [0.4, 0.5) is 0 Å². The highest BCUT2D eigenvalue weighted by Gasteiger charge is 2.33. The molecule has 0 atom stereocenters. The molecule has 2 nitrogen and oxygen atoms in total. The number of hydrogen-bond donors (Lipinski definition) is 0. The molecule has 0 heterocycles. The summed E-state index contributed by atoms with van der Waals surface area (Å²) in [5.41, 5.74) is 0.141. The van der Waals surface area contributed by atoms with E-state index in [0.29, 0.717) is 11.5 Å². The molecule has 0 aromatic heterocycles. The summed E-state index contributed by atoms with van der Waals surface area (Å²) in [6, 6.07) is 0. The van der Waals surface area contributed by atoms with Crippen LogP contribution in [0.3, 0.4) is 0 Å². The van der Waals surface area contributed by atoms with E-state index in [-0.39, 0.29) is 11.6 Å². The first-order valence-electron chi connectivity index (χ1n) is 6.32. The summed E-state index contributed by atoms with van der Waals surface area (Å²) < 4.78 is 5.56. The Labute approximate surface area is 99.1 Å². The lowest BCUT2D eigenvalue weighted by atomic mass is 9.84. The van der Waals surface area contributed by atoms with Gasteiger partial charge in [0.05, 0.1) is 0 Å². The van der Waals surface area contributed by atoms with Crippen molar-refractivity contribution >= 4 is 5.97 Å². The highest BCUT2D eigenvalue weighted by Crippen LogP contribution is 2.34. The summed E-state index contributed by atoms with van der Waals surface area (Å²) in [6.07, 6.45) is 7.52. The van der Waals surface area contributed by atoms with E-state index in [2.05, 4.69) is 6.58 Å². The molecule has 0 amide bonds. The Balaban J connectivity index is 2.60. The van der Waals surface area contributed by atoms with Crippen molar-refractivity contribution in [1.82, 2.24) is 0 Å². The number of rotatable bonds is 3. The smallest absolute Gasteiger partial charge is 0.333 e. The third kappa shape index (κ3) is 3.66. The van der Waals surface area contributed by atoms with E-state index in [1.807, 2.05) is 13.8 Å². The predicted octanol–water partition coefficient (Wildman–Crippen LogP) is 3.85. The fourth-order valence-corrected chi connectivity index (χ4v) is 2.38. The van der Waals surface area contributed by atoms with Crippen molar-refractivity contribution in [1.29, 1.82) is 0 Å². The molecule has 0 unspecified atom stereocenters. The van der Waals surface area contributed by atoms with E-state index >= 15 is 0 Å². The predicted molar refractivity (Wildman–Crippen MR) is 66.2 cm³/mol. The molecule has 0 aliphatic heterocycles. The lowest BCUT2D eigenvalue weighted by Gasteiger charge is -2.33. The van der Waals surface area contributed by atoms with Gasteiger partial charge in [-0.25, -0.2) is 4.79 Å². The van der Waals surface area contributed by atoms with Gasteiger partial charge >= 0.3 is 5.97 Å². The quantitative estimate of drug-likeness (QED) is 0.413. The van der Waals surface area contributed by atoms with Crippen LogP contribution < -0.4 is 0 Å². The maximum Gasteiger partial charge on any atom is 0.333 e. The van der Waals surface area contributed by atoms with E-state index in [4.69, 9.17) is 4.74 Å². The third-order valence-electron chi connectivity index (χ3n) is 3.54. The lowest BCUT2D eigenvalue weighted by Crippen LogP contribution is -2.36. The van der Waals surface area contributed by atoms with Crippen molar-refractivity contribution in [2.24, 2.45) is 5.92 Å². The Bertz CT molecular complexity index is 258. The standard InChI is InChI=1S/C14H24O2/c1-11(2)13(15)16-14(3,4)12-9-7-5-6-8-10-12/h12H,1,5-10H2,2-4H3. The van der Waals surface area contributed by atoms with Crippen molar-refractivity contribution < 1.29 is 9.53 Å². The average molecular weight is 224 g/mol. The second kappa shape index (κ2) is 5.51. The van der Waals surface area contributed by atoms with Gasteiger partial charge in [0.2, 0.25) is 0 Å². The zero-order chi connectivity index (χ0) is 12.2. The van der Waals surface area contributed by atoms with E-state index in [1.54, 1.807) is 6.92 Å². The van der Waals surface area contributed by atoms with Gasteiger partial charge in [-0.3, -0.25) is 0 Å². The van der Waals surface area contributed by atoms with Gasteiger partial charge < -0.3 is 4.74 Å². The van der Waals surface area contributed by atoms with Crippen LogP contribution in [0, 0.1) is 5.92 Å². The van der Waals surface area contributed by atoms with Crippen LogP contribution >= 0.6 is 0 Å². The van der Waals surface area contributed by atoms with E-state index in [9.17, 15) is 4.79 Å². The summed E-state index contributed by atoms with van der Waals surface area (Å²) >= 11 is 0. The van der Waals surface area contributed by atoms with Crippen LogP contribution in [-0.2, 0) is 9.53 Å². The van der Waals surface area contributed by atoms with Crippen LogP contribution in [0.5, 0.6) is 0 Å². The van der Waals surface area contributed by atoms with Gasteiger partial charge in [0.25, 0.3) is 0 Å². The van der Waals surface area contributed by atoms with Crippen LogP contribution in [0.2, 0.25) is 0 Å². The molecule has 1 fully saturated rings. The first-order valence-corrected chi connectivity index (χ1v) is 6.32. The zero-order valence-corrected chi connectivity index (χ0v) is 10.8. The van der Waals surface area contributed by atoms with Crippen molar-refractivity contribution in [3.05, 3.63) is 12.2 Å². The molecule has 2 heteroatoms. The van der Waals surface area contributed by atoms with Crippen LogP contribution in [0.1, 0.15) is 59.3 Å². The highest BCUT2D eigenvalue weighted by molar-refractivity contribution is 5.87. The molecular formula is C14H24O2. The minimum absolute atomic E-state index is 0.255. The van der Waals surface area contributed by atoms with Gasteiger partial charge in [0.1, 0.15) is 5.60 Å². The summed E-state index contributed by atoms with van der Waals surface area (Å²) in [7, 11) is 0. The molecule has 0 aromatic rings.